The number of rotatable bonds is 5. The maximum absolute atomic E-state index is 11.9. The van der Waals surface area contributed by atoms with Gasteiger partial charge in [0.1, 0.15) is 6.33 Å². The Labute approximate surface area is 132 Å². The third-order valence-electron chi connectivity index (χ3n) is 2.88. The van der Waals surface area contributed by atoms with Gasteiger partial charge >= 0.3 is 0 Å². The minimum atomic E-state index is -0.0766. The molecule has 22 heavy (non-hydrogen) atoms. The molecule has 3 rings (SSSR count). The molecule has 1 amide bonds. The molecule has 0 saturated heterocycles. The third kappa shape index (κ3) is 3.73. The second-order valence-electron chi connectivity index (χ2n) is 4.51. The number of thioether (sulfide) groups is 1. The van der Waals surface area contributed by atoms with Gasteiger partial charge in [-0.3, -0.25) is 4.79 Å². The lowest BCUT2D eigenvalue weighted by Gasteiger charge is -2.03. The molecule has 5 nitrogen and oxygen atoms in total. The average molecular weight is 310 g/mol. The number of nitrogens with one attached hydrogen (secondary N) is 1. The number of benzene rings is 2. The highest BCUT2D eigenvalue weighted by molar-refractivity contribution is 7.99. The molecule has 6 heteroatoms. The minimum Gasteiger partial charge on any atom is -0.325 e. The fourth-order valence-corrected chi connectivity index (χ4v) is 2.47. The summed E-state index contributed by atoms with van der Waals surface area (Å²) >= 11 is 1.31. The van der Waals surface area contributed by atoms with E-state index >= 15 is 0 Å². The van der Waals surface area contributed by atoms with Crippen LogP contribution in [-0.4, -0.2) is 26.4 Å². The zero-order valence-electron chi connectivity index (χ0n) is 11.7. The second-order valence-corrected chi connectivity index (χ2v) is 5.45. The van der Waals surface area contributed by atoms with E-state index in [4.69, 9.17) is 0 Å². The van der Waals surface area contributed by atoms with Gasteiger partial charge < -0.3 is 5.32 Å². The van der Waals surface area contributed by atoms with Crippen LogP contribution < -0.4 is 5.32 Å². The third-order valence-corrected chi connectivity index (χ3v) is 3.73. The molecule has 2 aromatic carbocycles. The van der Waals surface area contributed by atoms with Crippen LogP contribution in [-0.2, 0) is 4.79 Å². The lowest BCUT2D eigenvalue weighted by molar-refractivity contribution is -0.113. The van der Waals surface area contributed by atoms with Crippen molar-refractivity contribution in [2.45, 2.75) is 5.16 Å². The summed E-state index contributed by atoms with van der Waals surface area (Å²) in [5.74, 6) is 0.195. The maximum atomic E-state index is 11.9. The molecule has 0 unspecified atom stereocenters. The van der Waals surface area contributed by atoms with Gasteiger partial charge in [-0.05, 0) is 24.3 Å². The number of amides is 1. The summed E-state index contributed by atoms with van der Waals surface area (Å²) in [4.78, 5) is 16.1. The smallest absolute Gasteiger partial charge is 0.234 e. The molecule has 3 aromatic rings. The number of para-hydroxylation sites is 2. The maximum Gasteiger partial charge on any atom is 0.234 e. The molecule has 0 bridgehead atoms. The van der Waals surface area contributed by atoms with Crippen LogP contribution in [0.1, 0.15) is 0 Å². The fraction of sp³-hybridized carbons (Fsp3) is 0.0625. The van der Waals surface area contributed by atoms with Crippen LogP contribution in [0.4, 0.5) is 5.69 Å². The summed E-state index contributed by atoms with van der Waals surface area (Å²) in [5.41, 5.74) is 1.73. The van der Waals surface area contributed by atoms with Gasteiger partial charge in [0.05, 0.1) is 11.4 Å². The van der Waals surface area contributed by atoms with Gasteiger partial charge in [0.25, 0.3) is 0 Å². The SMILES string of the molecule is O=C(CSc1ncn(-c2ccccc2)n1)Nc1ccccc1. The van der Waals surface area contributed by atoms with Gasteiger partial charge in [0.15, 0.2) is 0 Å². The Kier molecular flexibility index (Phi) is 4.50. The minimum absolute atomic E-state index is 0.0766. The summed E-state index contributed by atoms with van der Waals surface area (Å²) in [6, 6.07) is 19.1. The summed E-state index contributed by atoms with van der Waals surface area (Å²) < 4.78 is 1.69. The van der Waals surface area contributed by atoms with Crippen molar-refractivity contribution in [3.63, 3.8) is 0 Å². The number of nitrogens with zero attached hydrogens (tertiary/aromatic N) is 3. The monoisotopic (exact) mass is 310 g/mol. The molecule has 1 aromatic heterocycles. The molecule has 0 radical (unpaired) electrons. The summed E-state index contributed by atoms with van der Waals surface area (Å²) in [6.45, 7) is 0. The van der Waals surface area contributed by atoms with Gasteiger partial charge in [0.2, 0.25) is 11.1 Å². The molecule has 0 fully saturated rings. The standard InChI is InChI=1S/C16H14N4OS/c21-15(18-13-7-3-1-4-8-13)11-22-16-17-12-20(19-16)14-9-5-2-6-10-14/h1-10,12H,11H2,(H,18,21). The lowest BCUT2D eigenvalue weighted by Crippen LogP contribution is -2.13. The summed E-state index contributed by atoms with van der Waals surface area (Å²) in [5, 5.41) is 7.75. The molecular weight excluding hydrogens is 296 g/mol. The van der Waals surface area contributed by atoms with Gasteiger partial charge in [-0.15, -0.1) is 5.10 Å². The largest absolute Gasteiger partial charge is 0.325 e. The van der Waals surface area contributed by atoms with Crippen molar-refractivity contribution in [2.24, 2.45) is 0 Å². The number of carbonyl (C=O) groups is 1. The number of hydrogen-bond donors (Lipinski definition) is 1. The first-order valence-electron chi connectivity index (χ1n) is 6.76. The van der Waals surface area contributed by atoms with E-state index in [1.807, 2.05) is 60.7 Å². The molecule has 0 saturated carbocycles. The van der Waals surface area contributed by atoms with Crippen LogP contribution in [0.2, 0.25) is 0 Å². The molecule has 0 spiro atoms. The predicted molar refractivity (Wildman–Crippen MR) is 87.2 cm³/mol. The molecule has 0 aliphatic carbocycles. The number of hydrogen-bond acceptors (Lipinski definition) is 4. The van der Waals surface area contributed by atoms with E-state index < -0.39 is 0 Å². The zero-order chi connectivity index (χ0) is 15.2. The van der Waals surface area contributed by atoms with Crippen LogP contribution in [0, 0.1) is 0 Å². The van der Waals surface area contributed by atoms with E-state index in [0.717, 1.165) is 11.4 Å². The highest BCUT2D eigenvalue weighted by atomic mass is 32.2. The highest BCUT2D eigenvalue weighted by Gasteiger charge is 2.07. The molecule has 0 aliphatic rings. The lowest BCUT2D eigenvalue weighted by atomic mass is 10.3. The first-order chi connectivity index (χ1) is 10.8. The van der Waals surface area contributed by atoms with Crippen LogP contribution in [0.15, 0.2) is 72.1 Å². The quantitative estimate of drug-likeness (QED) is 0.736. The van der Waals surface area contributed by atoms with Gasteiger partial charge in [0, 0.05) is 5.69 Å². The van der Waals surface area contributed by atoms with Crippen molar-refractivity contribution in [3.8, 4) is 5.69 Å². The van der Waals surface area contributed by atoms with Crippen LogP contribution in [0.25, 0.3) is 5.69 Å². The molecule has 0 aliphatic heterocycles. The number of anilines is 1. The first-order valence-corrected chi connectivity index (χ1v) is 7.74. The summed E-state index contributed by atoms with van der Waals surface area (Å²) in [7, 11) is 0. The fourth-order valence-electron chi connectivity index (χ4n) is 1.87. The van der Waals surface area contributed by atoms with Crippen LogP contribution >= 0.6 is 11.8 Å². The molecule has 1 heterocycles. The zero-order valence-corrected chi connectivity index (χ0v) is 12.5. The Balaban J connectivity index is 1.56. The molecule has 1 N–H and O–H groups in total. The Morgan fingerprint density at radius 3 is 2.45 bits per heavy atom. The van der Waals surface area contributed by atoms with Crippen LogP contribution in [0.5, 0.6) is 0 Å². The van der Waals surface area contributed by atoms with Gasteiger partial charge in [-0.2, -0.15) is 0 Å². The Morgan fingerprint density at radius 2 is 1.73 bits per heavy atom. The Morgan fingerprint density at radius 1 is 1.05 bits per heavy atom. The van der Waals surface area contributed by atoms with Gasteiger partial charge in [-0.25, -0.2) is 9.67 Å². The predicted octanol–water partition coefficient (Wildman–Crippen LogP) is 3.00. The van der Waals surface area contributed by atoms with Crippen molar-refractivity contribution >= 4 is 23.4 Å². The van der Waals surface area contributed by atoms with E-state index in [0.29, 0.717) is 5.16 Å². The van der Waals surface area contributed by atoms with E-state index in [-0.39, 0.29) is 11.7 Å². The van der Waals surface area contributed by atoms with Crippen molar-refractivity contribution < 1.29 is 4.79 Å². The molecular formula is C16H14N4OS. The highest BCUT2D eigenvalue weighted by Crippen LogP contribution is 2.15. The van der Waals surface area contributed by atoms with E-state index in [2.05, 4.69) is 15.4 Å². The normalized spacial score (nSPS) is 10.4. The topological polar surface area (TPSA) is 59.8 Å². The Bertz CT molecular complexity index is 743. The van der Waals surface area contributed by atoms with E-state index in [1.54, 1.807) is 11.0 Å². The first kappa shape index (κ1) is 14.3. The van der Waals surface area contributed by atoms with Gasteiger partial charge in [-0.1, -0.05) is 48.2 Å². The second kappa shape index (κ2) is 6.91. The van der Waals surface area contributed by atoms with Crippen LogP contribution in [0.3, 0.4) is 0 Å². The van der Waals surface area contributed by atoms with Crippen molar-refractivity contribution in [1.82, 2.24) is 14.8 Å². The number of carbonyl (C=O) groups excluding carboxylic acids is 1. The number of aromatic nitrogens is 3. The van der Waals surface area contributed by atoms with Crippen molar-refractivity contribution in [2.75, 3.05) is 11.1 Å². The Hall–Kier alpha value is -2.60. The van der Waals surface area contributed by atoms with Crippen molar-refractivity contribution in [3.05, 3.63) is 67.0 Å². The molecule has 110 valence electrons. The van der Waals surface area contributed by atoms with Crippen molar-refractivity contribution in [1.29, 1.82) is 0 Å². The van der Waals surface area contributed by atoms with E-state index in [9.17, 15) is 4.79 Å². The summed E-state index contributed by atoms with van der Waals surface area (Å²) in [6.07, 6.45) is 1.65. The average Bonchev–Trinajstić information content (AvgIpc) is 3.04. The molecule has 0 atom stereocenters. The van der Waals surface area contributed by atoms with E-state index in [1.165, 1.54) is 11.8 Å².